The van der Waals surface area contributed by atoms with Gasteiger partial charge in [-0.3, -0.25) is 23.9 Å². The molecule has 0 radical (unpaired) electrons. The minimum absolute atomic E-state index is 0.0221. The Morgan fingerprint density at radius 2 is 1.59 bits per heavy atom. The third-order valence-electron chi connectivity index (χ3n) is 9.00. The van der Waals surface area contributed by atoms with Crippen molar-refractivity contribution in [2.24, 2.45) is 17.8 Å². The fourth-order valence-corrected chi connectivity index (χ4v) is 5.54. The first kappa shape index (κ1) is 39.6. The number of rotatable bonds is 13. The van der Waals surface area contributed by atoms with Gasteiger partial charge in [0.05, 0.1) is 12.2 Å². The van der Waals surface area contributed by atoms with Crippen LogP contribution in [-0.4, -0.2) is 89.5 Å². The second-order valence-corrected chi connectivity index (χ2v) is 13.4. The van der Waals surface area contributed by atoms with Gasteiger partial charge in [0.15, 0.2) is 0 Å². The van der Waals surface area contributed by atoms with Gasteiger partial charge in [0.25, 0.3) is 0 Å². The van der Waals surface area contributed by atoms with Crippen LogP contribution in [0, 0.1) is 30.5 Å². The van der Waals surface area contributed by atoms with Crippen LogP contribution in [0.15, 0.2) is 30.5 Å². The van der Waals surface area contributed by atoms with Gasteiger partial charge in [-0.1, -0.05) is 45.6 Å². The van der Waals surface area contributed by atoms with E-state index in [2.05, 4.69) is 39.8 Å². The average molecular weight is 684 g/mol. The number of anilines is 1. The Morgan fingerprint density at radius 1 is 0.959 bits per heavy atom. The summed E-state index contributed by atoms with van der Waals surface area (Å²) in [5.74, 6) is 1.23. The molecule has 11 nitrogen and oxygen atoms in total. The minimum Gasteiger partial charge on any atom is -0.350 e. The predicted molar refractivity (Wildman–Crippen MR) is 190 cm³/mol. The van der Waals surface area contributed by atoms with Gasteiger partial charge < -0.3 is 25.8 Å². The first-order valence-electron chi connectivity index (χ1n) is 18.2. The van der Waals surface area contributed by atoms with E-state index in [4.69, 9.17) is 0 Å². The molecule has 272 valence electrons. The Morgan fingerprint density at radius 3 is 2.08 bits per heavy atom. The normalized spacial score (nSPS) is 17.5. The summed E-state index contributed by atoms with van der Waals surface area (Å²) in [5, 5.41) is 11.5. The SMILES string of the molecule is C1CC1CC1CC1.CC.CCn1nccc1C.CN1CCN(C(=O)C(Cc2ccc(NC(=O)CNC=O)c(F)c2)NC(=O)CC2CC2)CC1. The molecular formula is C37H58FN7O4. The Labute approximate surface area is 291 Å². The lowest BCUT2D eigenvalue weighted by atomic mass is 10.0. The number of aryl methyl sites for hydroxylation is 2. The Bertz CT molecular complexity index is 1320. The molecule has 0 spiro atoms. The summed E-state index contributed by atoms with van der Waals surface area (Å²) in [6.07, 6.45) is 12.6. The number of benzene rings is 1. The van der Waals surface area contributed by atoms with Gasteiger partial charge in [0.1, 0.15) is 11.9 Å². The number of carbonyl (C=O) groups excluding carboxylic acids is 4. The van der Waals surface area contributed by atoms with Crippen LogP contribution < -0.4 is 16.0 Å². The molecule has 1 aromatic carbocycles. The number of hydrogen-bond donors (Lipinski definition) is 3. The van der Waals surface area contributed by atoms with Crippen LogP contribution in [0.25, 0.3) is 0 Å². The summed E-state index contributed by atoms with van der Waals surface area (Å²) < 4.78 is 16.5. The lowest BCUT2D eigenvalue weighted by Crippen LogP contribution is -2.55. The monoisotopic (exact) mass is 683 g/mol. The van der Waals surface area contributed by atoms with Gasteiger partial charge >= 0.3 is 0 Å². The molecule has 4 aliphatic rings. The van der Waals surface area contributed by atoms with Gasteiger partial charge in [-0.05, 0) is 81.7 Å². The fraction of sp³-hybridized carbons (Fsp3) is 0.649. The van der Waals surface area contributed by atoms with Crippen LogP contribution in [0.2, 0.25) is 0 Å². The second-order valence-electron chi connectivity index (χ2n) is 13.4. The Balaban J connectivity index is 0.000000307. The first-order valence-corrected chi connectivity index (χ1v) is 18.2. The van der Waals surface area contributed by atoms with E-state index < -0.39 is 17.8 Å². The maximum Gasteiger partial charge on any atom is 0.245 e. The molecule has 1 atom stereocenters. The smallest absolute Gasteiger partial charge is 0.245 e. The molecule has 1 aliphatic heterocycles. The molecule has 2 aromatic rings. The summed E-state index contributed by atoms with van der Waals surface area (Å²) >= 11 is 0. The molecule has 6 rings (SSSR count). The molecule has 4 amide bonds. The Kier molecular flexibility index (Phi) is 16.7. The minimum atomic E-state index is -0.777. The van der Waals surface area contributed by atoms with Crippen molar-refractivity contribution in [1.29, 1.82) is 0 Å². The molecule has 1 unspecified atom stereocenters. The zero-order valence-corrected chi connectivity index (χ0v) is 30.2. The van der Waals surface area contributed by atoms with Crippen molar-refractivity contribution < 1.29 is 23.6 Å². The molecule has 4 fully saturated rings. The number of likely N-dealkylation sites (N-methyl/N-ethyl adjacent to an activating group) is 1. The van der Waals surface area contributed by atoms with E-state index in [1.165, 1.54) is 29.7 Å². The highest BCUT2D eigenvalue weighted by Crippen LogP contribution is 2.43. The molecule has 3 aliphatic carbocycles. The molecule has 2 heterocycles. The molecule has 3 N–H and O–H groups in total. The Hall–Kier alpha value is -3.80. The van der Waals surface area contributed by atoms with Gasteiger partial charge in [-0.25, -0.2) is 4.39 Å². The molecule has 1 saturated heterocycles. The van der Waals surface area contributed by atoms with Crippen molar-refractivity contribution in [2.45, 2.75) is 98.1 Å². The van der Waals surface area contributed by atoms with Crippen LogP contribution in [0.5, 0.6) is 0 Å². The first-order chi connectivity index (χ1) is 23.6. The quantitative estimate of drug-likeness (QED) is 0.266. The van der Waals surface area contributed by atoms with Crippen LogP contribution in [0.1, 0.15) is 83.4 Å². The number of nitrogens with zero attached hydrogens (tertiary/aromatic N) is 4. The predicted octanol–water partition coefficient (Wildman–Crippen LogP) is 4.55. The van der Waals surface area contributed by atoms with E-state index in [1.807, 2.05) is 37.8 Å². The molecule has 12 heteroatoms. The third kappa shape index (κ3) is 15.1. The van der Waals surface area contributed by atoms with E-state index in [0.29, 0.717) is 37.4 Å². The highest BCUT2D eigenvalue weighted by Gasteiger charge is 2.32. The summed E-state index contributed by atoms with van der Waals surface area (Å²) in [6, 6.07) is 5.50. The van der Waals surface area contributed by atoms with E-state index in [-0.39, 0.29) is 30.5 Å². The van der Waals surface area contributed by atoms with Crippen LogP contribution >= 0.6 is 0 Å². The number of nitrogens with one attached hydrogen (secondary N) is 3. The number of aromatic nitrogens is 2. The number of halogens is 1. The number of hydrogen-bond acceptors (Lipinski definition) is 6. The number of amides is 4. The standard InChI is InChI=1S/C22H30FN5O4.C7H12.C6H10N2.C2H6/c1-27-6-8-28(9-7-27)22(32)19(26-20(30)12-15-2-3-15)11-16-4-5-18(17(23)10-16)25-21(31)13-24-14-29;1-2-6(1)5-7-3-4-7;1-3-8-6(2)4-5-7-8;1-2/h4-5,10,14-15,19H,2-3,6-9,11-13H2,1H3,(H,24,29)(H,25,31)(H,26,30);6-7H,1-5H2;4-5H,3H2,1-2H3;1-2H3. The molecule has 0 bridgehead atoms. The van der Waals surface area contributed by atoms with Gasteiger partial charge in [0.2, 0.25) is 24.1 Å². The maximum atomic E-state index is 14.5. The highest BCUT2D eigenvalue weighted by atomic mass is 19.1. The molecule has 3 saturated carbocycles. The largest absolute Gasteiger partial charge is 0.350 e. The topological polar surface area (TPSA) is 129 Å². The molecular weight excluding hydrogens is 625 g/mol. The summed E-state index contributed by atoms with van der Waals surface area (Å²) in [4.78, 5) is 51.4. The van der Waals surface area contributed by atoms with Crippen LogP contribution in [-0.2, 0) is 32.1 Å². The third-order valence-corrected chi connectivity index (χ3v) is 9.00. The highest BCUT2D eigenvalue weighted by molar-refractivity contribution is 5.93. The average Bonchev–Trinajstić information content (AvgIpc) is 4.00. The zero-order valence-electron chi connectivity index (χ0n) is 30.2. The second kappa shape index (κ2) is 20.7. The van der Waals surface area contributed by atoms with Crippen molar-refractivity contribution in [3.05, 3.63) is 47.5 Å². The van der Waals surface area contributed by atoms with Crippen molar-refractivity contribution in [1.82, 2.24) is 30.2 Å². The summed E-state index contributed by atoms with van der Waals surface area (Å²) in [7, 11) is 1.99. The van der Waals surface area contributed by atoms with Crippen molar-refractivity contribution in [2.75, 3.05) is 45.1 Å². The fourth-order valence-electron chi connectivity index (χ4n) is 5.54. The van der Waals surface area contributed by atoms with E-state index in [0.717, 1.165) is 32.5 Å². The van der Waals surface area contributed by atoms with Gasteiger partial charge in [-0.2, -0.15) is 5.10 Å². The number of carbonyl (C=O) groups is 4. The summed E-state index contributed by atoms with van der Waals surface area (Å²) in [6.45, 7) is 11.5. The van der Waals surface area contributed by atoms with Crippen molar-refractivity contribution in [3.63, 3.8) is 0 Å². The summed E-state index contributed by atoms with van der Waals surface area (Å²) in [5.41, 5.74) is 1.74. The lowest BCUT2D eigenvalue weighted by Gasteiger charge is -2.35. The van der Waals surface area contributed by atoms with Gasteiger partial charge in [0, 0.05) is 57.5 Å². The zero-order chi connectivity index (χ0) is 35.8. The maximum absolute atomic E-state index is 14.5. The molecule has 1 aromatic heterocycles. The van der Waals surface area contributed by atoms with Crippen molar-refractivity contribution in [3.8, 4) is 0 Å². The number of piperazine rings is 1. The van der Waals surface area contributed by atoms with Crippen molar-refractivity contribution >= 4 is 29.8 Å². The van der Waals surface area contributed by atoms with Crippen LogP contribution in [0.4, 0.5) is 10.1 Å². The van der Waals surface area contributed by atoms with E-state index >= 15 is 0 Å². The van der Waals surface area contributed by atoms with E-state index in [1.54, 1.807) is 43.1 Å². The van der Waals surface area contributed by atoms with Gasteiger partial charge in [-0.15, -0.1) is 0 Å². The van der Waals surface area contributed by atoms with E-state index in [9.17, 15) is 23.6 Å². The lowest BCUT2D eigenvalue weighted by molar-refractivity contribution is -0.137. The van der Waals surface area contributed by atoms with Crippen LogP contribution in [0.3, 0.4) is 0 Å². The molecule has 49 heavy (non-hydrogen) atoms.